The van der Waals surface area contributed by atoms with Gasteiger partial charge in [-0.05, 0) is 59.6 Å². The Bertz CT molecular complexity index is 431. The fourth-order valence-corrected chi connectivity index (χ4v) is 5.67. The van der Waals surface area contributed by atoms with Gasteiger partial charge in [0.15, 0.2) is 0 Å². The zero-order chi connectivity index (χ0) is 12.3. The molecule has 0 amide bonds. The van der Waals surface area contributed by atoms with Crippen LogP contribution >= 0.6 is 28.6 Å². The van der Waals surface area contributed by atoms with Crippen LogP contribution in [0.1, 0.15) is 0 Å². The Morgan fingerprint density at radius 1 is 0.765 bits per heavy atom. The molecule has 0 aliphatic heterocycles. The minimum atomic E-state index is -1.11. The van der Waals surface area contributed by atoms with Gasteiger partial charge in [0.05, 0.1) is 0 Å². The first-order valence-corrected chi connectivity index (χ1v) is 9.59. The van der Waals surface area contributed by atoms with Gasteiger partial charge in [-0.1, -0.05) is 43.8 Å². The standard InChI is InChI=1S/C14H16INS/c1-16(2)17(15,13-9-5-3-6-10-13)14-11-7-4-8-12-14/h3-12H,1-2H3. The van der Waals surface area contributed by atoms with Crippen molar-refractivity contribution in [2.45, 2.75) is 9.79 Å². The number of rotatable bonds is 3. The molecule has 0 N–H and O–H groups in total. The molecule has 0 aromatic heterocycles. The Hall–Kier alpha value is -0.520. The highest BCUT2D eigenvalue weighted by molar-refractivity contribution is 14.2. The maximum absolute atomic E-state index is 2.61. The Labute approximate surface area is 117 Å². The van der Waals surface area contributed by atoms with Crippen molar-refractivity contribution in [2.24, 2.45) is 0 Å². The summed E-state index contributed by atoms with van der Waals surface area (Å²) >= 11 is 2.61. The fraction of sp³-hybridized carbons (Fsp3) is 0.143. The molecule has 2 aromatic rings. The molecule has 0 atom stereocenters. The second-order valence-corrected chi connectivity index (χ2v) is 10.5. The van der Waals surface area contributed by atoms with Crippen molar-refractivity contribution in [2.75, 3.05) is 14.1 Å². The van der Waals surface area contributed by atoms with E-state index in [1.54, 1.807) is 0 Å². The SMILES string of the molecule is CN(C)S(I)(c1ccccc1)c1ccccc1. The summed E-state index contributed by atoms with van der Waals surface area (Å²) in [5.74, 6) is 0. The van der Waals surface area contributed by atoms with E-state index in [0.29, 0.717) is 0 Å². The van der Waals surface area contributed by atoms with Crippen LogP contribution in [0.15, 0.2) is 70.5 Å². The Morgan fingerprint density at radius 2 is 1.12 bits per heavy atom. The third-order valence-electron chi connectivity index (χ3n) is 2.61. The van der Waals surface area contributed by atoms with Gasteiger partial charge in [0.25, 0.3) is 0 Å². The first kappa shape index (κ1) is 12.9. The molecule has 0 bridgehead atoms. The largest absolute Gasteiger partial charge is 0.258 e. The molecule has 0 saturated heterocycles. The summed E-state index contributed by atoms with van der Waals surface area (Å²) in [7, 11) is 3.20. The van der Waals surface area contributed by atoms with E-state index >= 15 is 0 Å². The van der Waals surface area contributed by atoms with Gasteiger partial charge in [0.1, 0.15) is 0 Å². The van der Waals surface area contributed by atoms with Crippen molar-refractivity contribution < 1.29 is 0 Å². The maximum atomic E-state index is 2.61. The van der Waals surface area contributed by atoms with E-state index < -0.39 is 7.39 Å². The monoisotopic (exact) mass is 357 g/mol. The van der Waals surface area contributed by atoms with Gasteiger partial charge < -0.3 is 0 Å². The highest BCUT2D eigenvalue weighted by Gasteiger charge is 2.27. The number of benzene rings is 2. The van der Waals surface area contributed by atoms with E-state index in [9.17, 15) is 0 Å². The molecule has 90 valence electrons. The highest BCUT2D eigenvalue weighted by Crippen LogP contribution is 2.70. The molecule has 2 rings (SSSR count). The normalized spacial score (nSPS) is 12.7. The van der Waals surface area contributed by atoms with E-state index in [1.165, 1.54) is 9.79 Å². The summed E-state index contributed by atoms with van der Waals surface area (Å²) < 4.78 is 2.33. The molecular weight excluding hydrogens is 341 g/mol. The molecule has 1 nitrogen and oxygen atoms in total. The third kappa shape index (κ3) is 2.51. The average molecular weight is 357 g/mol. The van der Waals surface area contributed by atoms with Gasteiger partial charge >= 0.3 is 0 Å². The van der Waals surface area contributed by atoms with Gasteiger partial charge in [0.2, 0.25) is 0 Å². The lowest BCUT2D eigenvalue weighted by Crippen LogP contribution is -2.15. The lowest BCUT2D eigenvalue weighted by molar-refractivity contribution is 0.687. The van der Waals surface area contributed by atoms with Gasteiger partial charge in [-0.2, -0.15) is 0 Å². The topological polar surface area (TPSA) is 3.24 Å². The van der Waals surface area contributed by atoms with E-state index in [0.717, 1.165) is 0 Å². The molecule has 0 aliphatic rings. The zero-order valence-corrected chi connectivity index (χ0v) is 13.0. The minimum Gasteiger partial charge on any atom is -0.258 e. The molecule has 2 aromatic carbocycles. The number of hydrogen-bond donors (Lipinski definition) is 0. The maximum Gasteiger partial charge on any atom is 0.0160 e. The predicted molar refractivity (Wildman–Crippen MR) is 84.7 cm³/mol. The van der Waals surface area contributed by atoms with Crippen LogP contribution in [0.25, 0.3) is 0 Å². The van der Waals surface area contributed by atoms with Crippen LogP contribution in [-0.4, -0.2) is 18.4 Å². The first-order chi connectivity index (χ1) is 8.15. The lowest BCUT2D eigenvalue weighted by Gasteiger charge is -2.40. The van der Waals surface area contributed by atoms with E-state index in [4.69, 9.17) is 0 Å². The number of hydrogen-bond acceptors (Lipinski definition) is 1. The lowest BCUT2D eigenvalue weighted by atomic mass is 10.4. The van der Waals surface area contributed by atoms with Crippen molar-refractivity contribution in [1.82, 2.24) is 4.31 Å². The van der Waals surface area contributed by atoms with Crippen molar-refractivity contribution in [3.8, 4) is 0 Å². The van der Waals surface area contributed by atoms with Crippen molar-refractivity contribution in [3.05, 3.63) is 60.7 Å². The Morgan fingerprint density at radius 3 is 1.41 bits per heavy atom. The molecule has 0 heterocycles. The minimum absolute atomic E-state index is 1.11. The summed E-state index contributed by atoms with van der Waals surface area (Å²) in [6.45, 7) is 0. The van der Waals surface area contributed by atoms with Crippen molar-refractivity contribution in [1.29, 1.82) is 0 Å². The van der Waals surface area contributed by atoms with E-state index in [-0.39, 0.29) is 0 Å². The van der Waals surface area contributed by atoms with Crippen LogP contribution in [0.4, 0.5) is 0 Å². The Kier molecular flexibility index (Phi) is 4.12. The quantitative estimate of drug-likeness (QED) is 0.718. The molecule has 0 fully saturated rings. The molecular formula is C14H16INS. The first-order valence-electron chi connectivity index (χ1n) is 5.46. The summed E-state index contributed by atoms with van der Waals surface area (Å²) in [6.07, 6.45) is 0. The van der Waals surface area contributed by atoms with Crippen LogP contribution < -0.4 is 0 Å². The van der Waals surface area contributed by atoms with Crippen LogP contribution in [0, 0.1) is 0 Å². The van der Waals surface area contributed by atoms with Gasteiger partial charge in [-0.25, -0.2) is 0 Å². The second kappa shape index (κ2) is 5.42. The predicted octanol–water partition coefficient (Wildman–Crippen LogP) is 4.74. The summed E-state index contributed by atoms with van der Waals surface area (Å²) in [4.78, 5) is 2.77. The van der Waals surface area contributed by atoms with Gasteiger partial charge in [-0.3, -0.25) is 4.31 Å². The zero-order valence-electron chi connectivity index (χ0n) is 10.0. The average Bonchev–Trinajstić information content (AvgIpc) is 2.39. The van der Waals surface area contributed by atoms with Gasteiger partial charge in [-0.15, -0.1) is 0 Å². The molecule has 0 saturated carbocycles. The second-order valence-electron chi connectivity index (χ2n) is 3.95. The number of nitrogens with zero attached hydrogens (tertiary/aromatic N) is 1. The summed E-state index contributed by atoms with van der Waals surface area (Å²) in [5, 5.41) is 0. The summed E-state index contributed by atoms with van der Waals surface area (Å²) in [5.41, 5.74) is 0. The van der Waals surface area contributed by atoms with E-state index in [2.05, 4.69) is 100 Å². The molecule has 3 heteroatoms. The Balaban J connectivity index is 2.55. The van der Waals surface area contributed by atoms with Crippen molar-refractivity contribution >= 4 is 28.6 Å². The molecule has 17 heavy (non-hydrogen) atoms. The number of halogens is 1. The molecule has 0 spiro atoms. The highest BCUT2D eigenvalue weighted by atomic mass is 127. The van der Waals surface area contributed by atoms with E-state index in [1.807, 2.05) is 0 Å². The van der Waals surface area contributed by atoms with Crippen LogP contribution in [-0.2, 0) is 0 Å². The molecule has 0 aliphatic carbocycles. The molecule has 0 unspecified atom stereocenters. The summed E-state index contributed by atoms with van der Waals surface area (Å²) in [6, 6.07) is 21.5. The van der Waals surface area contributed by atoms with Gasteiger partial charge in [0, 0.05) is 9.79 Å². The molecule has 0 radical (unpaired) electrons. The van der Waals surface area contributed by atoms with Crippen LogP contribution in [0.3, 0.4) is 0 Å². The smallest absolute Gasteiger partial charge is 0.0160 e. The fourth-order valence-electron chi connectivity index (χ4n) is 1.76. The van der Waals surface area contributed by atoms with Crippen LogP contribution in [0.5, 0.6) is 0 Å². The third-order valence-corrected chi connectivity index (χ3v) is 10.8. The van der Waals surface area contributed by atoms with Crippen molar-refractivity contribution in [3.63, 3.8) is 0 Å². The van der Waals surface area contributed by atoms with Crippen LogP contribution in [0.2, 0.25) is 0 Å².